The molecule has 1 amide bonds. The van der Waals surface area contributed by atoms with Crippen LogP contribution in [0.5, 0.6) is 0 Å². The number of hydrogen-bond acceptors (Lipinski definition) is 8. The fourth-order valence-electron chi connectivity index (χ4n) is 3.77. The first-order valence-corrected chi connectivity index (χ1v) is 12.8. The first kappa shape index (κ1) is 22.5. The van der Waals surface area contributed by atoms with Crippen molar-refractivity contribution < 1.29 is 4.79 Å². The zero-order chi connectivity index (χ0) is 22.3. The number of rotatable bonds is 8. The van der Waals surface area contributed by atoms with Crippen LogP contribution in [0.15, 0.2) is 46.9 Å². The molecule has 1 aromatic carbocycles. The van der Waals surface area contributed by atoms with Crippen LogP contribution in [-0.4, -0.2) is 57.9 Å². The van der Waals surface area contributed by atoms with E-state index in [2.05, 4.69) is 57.4 Å². The minimum Gasteiger partial charge on any atom is -0.353 e. The summed E-state index contributed by atoms with van der Waals surface area (Å²) in [7, 11) is 0. The highest BCUT2D eigenvalue weighted by Crippen LogP contribution is 2.31. The second-order valence-electron chi connectivity index (χ2n) is 7.50. The van der Waals surface area contributed by atoms with E-state index in [1.807, 2.05) is 23.1 Å². The van der Waals surface area contributed by atoms with Gasteiger partial charge in [0.25, 0.3) is 0 Å². The van der Waals surface area contributed by atoms with Crippen LogP contribution in [0.1, 0.15) is 25.0 Å². The van der Waals surface area contributed by atoms with E-state index in [0.717, 1.165) is 46.9 Å². The van der Waals surface area contributed by atoms with Crippen molar-refractivity contribution >= 4 is 45.6 Å². The summed E-state index contributed by atoms with van der Waals surface area (Å²) < 4.78 is 0.806. The molecule has 2 aromatic heterocycles. The molecule has 0 bridgehead atoms. The molecule has 1 N–H and O–H groups in total. The normalized spacial score (nSPS) is 13.9. The molecular weight excluding hydrogens is 440 g/mol. The Bertz CT molecular complexity index is 1010. The number of anilines is 3. The Hall–Kier alpha value is -2.65. The van der Waals surface area contributed by atoms with Gasteiger partial charge in [-0.25, -0.2) is 4.98 Å². The highest BCUT2D eigenvalue weighted by molar-refractivity contribution is 8.01. The third-order valence-electron chi connectivity index (χ3n) is 5.56. The van der Waals surface area contributed by atoms with E-state index in [9.17, 15) is 4.79 Å². The molecule has 3 aromatic rings. The van der Waals surface area contributed by atoms with Crippen molar-refractivity contribution in [3.63, 3.8) is 0 Å². The Balaban J connectivity index is 1.29. The molecule has 0 atom stereocenters. The molecule has 0 radical (unpaired) electrons. The Kier molecular flexibility index (Phi) is 7.59. The number of para-hydroxylation sites is 1. The largest absolute Gasteiger partial charge is 0.353 e. The van der Waals surface area contributed by atoms with Crippen LogP contribution in [0.2, 0.25) is 0 Å². The summed E-state index contributed by atoms with van der Waals surface area (Å²) >= 11 is 2.95. The lowest BCUT2D eigenvalue weighted by Crippen LogP contribution is -2.49. The van der Waals surface area contributed by atoms with Gasteiger partial charge >= 0.3 is 0 Å². The molecule has 168 valence electrons. The molecule has 1 saturated heterocycles. The molecule has 7 nitrogen and oxygen atoms in total. The first-order chi connectivity index (χ1) is 15.7. The number of carbonyl (C=O) groups excluding carboxylic acids is 1. The number of nitrogens with one attached hydrogen (secondary N) is 1. The average Bonchev–Trinajstić information content (AvgIpc) is 3.30. The number of benzene rings is 1. The summed E-state index contributed by atoms with van der Waals surface area (Å²) in [6.45, 7) is 7.35. The van der Waals surface area contributed by atoms with E-state index in [0.29, 0.717) is 18.8 Å². The summed E-state index contributed by atoms with van der Waals surface area (Å²) in [4.78, 5) is 21.2. The topological polar surface area (TPSA) is 74.2 Å². The van der Waals surface area contributed by atoms with Crippen LogP contribution in [0.3, 0.4) is 0 Å². The van der Waals surface area contributed by atoms with Gasteiger partial charge in [-0.1, -0.05) is 61.2 Å². The lowest BCUT2D eigenvalue weighted by atomic mass is 10.0. The predicted molar refractivity (Wildman–Crippen MR) is 132 cm³/mol. The van der Waals surface area contributed by atoms with E-state index in [1.165, 1.54) is 34.2 Å². The molecule has 4 rings (SSSR count). The molecule has 0 saturated carbocycles. The van der Waals surface area contributed by atoms with Gasteiger partial charge in [-0.3, -0.25) is 4.79 Å². The molecule has 9 heteroatoms. The standard InChI is InChI=1S/C23H28N6OS2/c1-3-17-8-7-9-18(4-2)21(17)25-22-26-27-23(32-22)31-16-20(30)29-14-12-28(13-15-29)19-10-5-6-11-24-19/h5-11H,3-4,12-16H2,1-2H3,(H,25,26). The number of pyridine rings is 1. The SMILES string of the molecule is CCc1cccc(CC)c1Nc1nnc(SCC(=O)N2CCN(c3ccccn3)CC2)s1. The van der Waals surface area contributed by atoms with Gasteiger partial charge < -0.3 is 15.1 Å². The lowest BCUT2D eigenvalue weighted by Gasteiger charge is -2.35. The first-order valence-electron chi connectivity index (χ1n) is 11.0. The van der Waals surface area contributed by atoms with Gasteiger partial charge in [0.15, 0.2) is 4.34 Å². The van der Waals surface area contributed by atoms with Crippen LogP contribution in [-0.2, 0) is 17.6 Å². The Morgan fingerprint density at radius 2 is 1.78 bits per heavy atom. The number of amides is 1. The van der Waals surface area contributed by atoms with Crippen molar-refractivity contribution in [3.05, 3.63) is 53.7 Å². The molecule has 3 heterocycles. The van der Waals surface area contributed by atoms with Crippen LogP contribution in [0, 0.1) is 0 Å². The summed E-state index contributed by atoms with van der Waals surface area (Å²) in [5, 5.41) is 12.8. The van der Waals surface area contributed by atoms with Crippen LogP contribution in [0.25, 0.3) is 0 Å². The van der Waals surface area contributed by atoms with E-state index < -0.39 is 0 Å². The van der Waals surface area contributed by atoms with Crippen LogP contribution < -0.4 is 10.2 Å². The van der Waals surface area contributed by atoms with E-state index in [-0.39, 0.29) is 5.91 Å². The van der Waals surface area contributed by atoms with Crippen molar-refractivity contribution in [3.8, 4) is 0 Å². The second-order valence-corrected chi connectivity index (χ2v) is 9.70. The van der Waals surface area contributed by atoms with Crippen molar-refractivity contribution in [2.45, 2.75) is 31.0 Å². The molecular formula is C23H28N6OS2. The molecule has 1 fully saturated rings. The summed E-state index contributed by atoms with van der Waals surface area (Å²) in [5.74, 6) is 1.49. The van der Waals surface area contributed by atoms with Gasteiger partial charge in [-0.2, -0.15) is 0 Å². The van der Waals surface area contributed by atoms with E-state index in [1.54, 1.807) is 6.20 Å². The Labute approximate surface area is 197 Å². The minimum atomic E-state index is 0.143. The van der Waals surface area contributed by atoms with Crippen molar-refractivity contribution in [2.75, 3.05) is 42.1 Å². The number of carbonyl (C=O) groups is 1. The summed E-state index contributed by atoms with van der Waals surface area (Å²) in [5.41, 5.74) is 3.68. The average molecular weight is 469 g/mol. The van der Waals surface area contributed by atoms with Crippen LogP contribution in [0.4, 0.5) is 16.6 Å². The van der Waals surface area contributed by atoms with E-state index in [4.69, 9.17) is 0 Å². The third-order valence-corrected chi connectivity index (χ3v) is 7.52. The maximum Gasteiger partial charge on any atom is 0.233 e. The molecule has 32 heavy (non-hydrogen) atoms. The van der Waals surface area contributed by atoms with Crippen LogP contribution >= 0.6 is 23.1 Å². The second kappa shape index (κ2) is 10.8. The smallest absolute Gasteiger partial charge is 0.233 e. The van der Waals surface area contributed by atoms with Crippen molar-refractivity contribution in [1.82, 2.24) is 20.1 Å². The van der Waals surface area contributed by atoms with Crippen molar-refractivity contribution in [2.24, 2.45) is 0 Å². The number of aromatic nitrogens is 3. The lowest BCUT2D eigenvalue weighted by molar-refractivity contribution is -0.128. The van der Waals surface area contributed by atoms with Gasteiger partial charge in [-0.05, 0) is 36.1 Å². The van der Waals surface area contributed by atoms with Crippen molar-refractivity contribution in [1.29, 1.82) is 0 Å². The number of aryl methyl sites for hydroxylation is 2. The quantitative estimate of drug-likeness (QED) is 0.496. The number of hydrogen-bond donors (Lipinski definition) is 1. The van der Waals surface area contributed by atoms with Gasteiger partial charge in [0.2, 0.25) is 11.0 Å². The van der Waals surface area contributed by atoms with Gasteiger partial charge in [-0.15, -0.1) is 10.2 Å². The molecule has 1 aliphatic rings. The summed E-state index contributed by atoms with van der Waals surface area (Å²) in [6.07, 6.45) is 3.72. The van der Waals surface area contributed by atoms with Gasteiger partial charge in [0.05, 0.1) is 5.75 Å². The maximum absolute atomic E-state index is 12.7. The molecule has 1 aliphatic heterocycles. The number of nitrogens with zero attached hydrogens (tertiary/aromatic N) is 5. The highest BCUT2D eigenvalue weighted by atomic mass is 32.2. The van der Waals surface area contributed by atoms with Gasteiger partial charge in [0, 0.05) is 38.1 Å². The molecule has 0 spiro atoms. The maximum atomic E-state index is 12.7. The Morgan fingerprint density at radius 1 is 1.03 bits per heavy atom. The van der Waals surface area contributed by atoms with Gasteiger partial charge in [0.1, 0.15) is 5.82 Å². The zero-order valence-corrected chi connectivity index (χ0v) is 20.1. The number of thioether (sulfide) groups is 1. The fourth-order valence-corrected chi connectivity index (χ4v) is 5.43. The minimum absolute atomic E-state index is 0.143. The third kappa shape index (κ3) is 5.39. The fraction of sp³-hybridized carbons (Fsp3) is 0.391. The Morgan fingerprint density at radius 3 is 2.44 bits per heavy atom. The van der Waals surface area contributed by atoms with E-state index >= 15 is 0 Å². The molecule has 0 unspecified atom stereocenters. The number of piperazine rings is 1. The molecule has 0 aliphatic carbocycles. The zero-order valence-electron chi connectivity index (χ0n) is 18.5. The highest BCUT2D eigenvalue weighted by Gasteiger charge is 2.22. The predicted octanol–water partition coefficient (Wildman–Crippen LogP) is 4.24. The monoisotopic (exact) mass is 468 g/mol. The summed E-state index contributed by atoms with van der Waals surface area (Å²) in [6, 6.07) is 12.3.